The minimum atomic E-state index is -0.350. The van der Waals surface area contributed by atoms with Crippen molar-refractivity contribution in [1.82, 2.24) is 0 Å². The number of nitriles is 2. The predicted molar refractivity (Wildman–Crippen MR) is 74.6 cm³/mol. The predicted octanol–water partition coefficient (Wildman–Crippen LogP) is 3.01. The van der Waals surface area contributed by atoms with Crippen LogP contribution in [0.2, 0.25) is 0 Å². The van der Waals surface area contributed by atoms with Gasteiger partial charge in [-0.25, -0.2) is 0 Å². The van der Waals surface area contributed by atoms with Crippen molar-refractivity contribution in [3.63, 3.8) is 0 Å². The topological polar surface area (TPSA) is 88.0 Å². The fourth-order valence-electron chi connectivity index (χ4n) is 1.82. The van der Waals surface area contributed by atoms with E-state index in [9.17, 15) is 10.2 Å². The molecule has 0 spiro atoms. The van der Waals surface area contributed by atoms with Crippen LogP contribution in [0.15, 0.2) is 36.4 Å². The average molecular weight is 262 g/mol. The Morgan fingerprint density at radius 3 is 1.90 bits per heavy atom. The van der Waals surface area contributed by atoms with Crippen LogP contribution in [0.3, 0.4) is 0 Å². The number of hydrogen-bond donors (Lipinski definition) is 2. The van der Waals surface area contributed by atoms with Gasteiger partial charge in [0.15, 0.2) is 0 Å². The van der Waals surface area contributed by atoms with Gasteiger partial charge in [0.05, 0.1) is 0 Å². The van der Waals surface area contributed by atoms with E-state index in [0.29, 0.717) is 0 Å². The SMILES string of the molecule is N#Cc1c(O)cc(O)c(C#N)c1C=Cc1ccccc1. The number of rotatable bonds is 2. The molecule has 0 saturated heterocycles. The highest BCUT2D eigenvalue weighted by molar-refractivity contribution is 5.79. The minimum absolute atomic E-state index is 0.0356. The van der Waals surface area contributed by atoms with Crippen molar-refractivity contribution in [2.24, 2.45) is 0 Å². The van der Waals surface area contributed by atoms with Gasteiger partial charge in [-0.2, -0.15) is 10.5 Å². The third-order valence-electron chi connectivity index (χ3n) is 2.79. The Balaban J connectivity index is 2.59. The van der Waals surface area contributed by atoms with E-state index in [1.807, 2.05) is 42.5 Å². The van der Waals surface area contributed by atoms with Gasteiger partial charge >= 0.3 is 0 Å². The van der Waals surface area contributed by atoms with Crippen LogP contribution >= 0.6 is 0 Å². The smallest absolute Gasteiger partial charge is 0.137 e. The fraction of sp³-hybridized carbons (Fsp3) is 0. The molecule has 0 heterocycles. The fourth-order valence-corrected chi connectivity index (χ4v) is 1.82. The zero-order valence-corrected chi connectivity index (χ0v) is 10.4. The van der Waals surface area contributed by atoms with Crippen LogP contribution < -0.4 is 0 Å². The van der Waals surface area contributed by atoms with Crippen LogP contribution in [0.4, 0.5) is 0 Å². The Labute approximate surface area is 116 Å². The van der Waals surface area contributed by atoms with Gasteiger partial charge in [0, 0.05) is 11.6 Å². The largest absolute Gasteiger partial charge is 0.506 e. The molecule has 0 fully saturated rings. The number of aromatic hydroxyl groups is 2. The molecule has 2 aromatic carbocycles. The molecule has 2 aromatic rings. The zero-order valence-electron chi connectivity index (χ0n) is 10.4. The van der Waals surface area contributed by atoms with Crippen LogP contribution in [-0.4, -0.2) is 10.2 Å². The number of phenols is 2. The Morgan fingerprint density at radius 2 is 1.40 bits per heavy atom. The van der Waals surface area contributed by atoms with Crippen molar-refractivity contribution in [3.05, 3.63) is 58.7 Å². The van der Waals surface area contributed by atoms with Crippen LogP contribution in [0.5, 0.6) is 11.5 Å². The van der Waals surface area contributed by atoms with E-state index in [1.54, 1.807) is 6.08 Å². The molecule has 0 aliphatic rings. The number of benzene rings is 2. The maximum atomic E-state index is 9.66. The molecule has 20 heavy (non-hydrogen) atoms. The molecule has 0 bridgehead atoms. The van der Waals surface area contributed by atoms with E-state index in [4.69, 9.17) is 10.5 Å². The van der Waals surface area contributed by atoms with E-state index in [1.165, 1.54) is 6.08 Å². The van der Waals surface area contributed by atoms with E-state index >= 15 is 0 Å². The second kappa shape index (κ2) is 5.60. The molecule has 0 aliphatic heterocycles. The summed E-state index contributed by atoms with van der Waals surface area (Å²) in [5.41, 5.74) is 1.01. The Morgan fingerprint density at radius 1 is 0.850 bits per heavy atom. The minimum Gasteiger partial charge on any atom is -0.506 e. The summed E-state index contributed by atoms with van der Waals surface area (Å²) in [7, 11) is 0. The monoisotopic (exact) mass is 262 g/mol. The summed E-state index contributed by atoms with van der Waals surface area (Å²) in [6, 6.07) is 14.0. The molecule has 0 radical (unpaired) electrons. The lowest BCUT2D eigenvalue weighted by Gasteiger charge is -2.06. The van der Waals surface area contributed by atoms with E-state index in [-0.39, 0.29) is 28.2 Å². The average Bonchev–Trinajstić information content (AvgIpc) is 2.46. The lowest BCUT2D eigenvalue weighted by atomic mass is 9.99. The number of nitrogens with zero attached hydrogens (tertiary/aromatic N) is 2. The summed E-state index contributed by atoms with van der Waals surface area (Å²) < 4.78 is 0. The molecule has 4 nitrogen and oxygen atoms in total. The number of phenolic OH excluding ortho intramolecular Hbond substituents is 2. The summed E-state index contributed by atoms with van der Waals surface area (Å²) in [6.45, 7) is 0. The van der Waals surface area contributed by atoms with Crippen molar-refractivity contribution >= 4 is 12.2 Å². The summed E-state index contributed by atoms with van der Waals surface area (Å²) >= 11 is 0. The maximum Gasteiger partial charge on any atom is 0.137 e. The molecular weight excluding hydrogens is 252 g/mol. The highest BCUT2D eigenvalue weighted by Crippen LogP contribution is 2.32. The summed E-state index contributed by atoms with van der Waals surface area (Å²) in [5.74, 6) is -0.701. The van der Waals surface area contributed by atoms with Crippen molar-refractivity contribution in [2.45, 2.75) is 0 Å². The molecule has 0 amide bonds. The van der Waals surface area contributed by atoms with Gasteiger partial charge in [-0.05, 0) is 5.56 Å². The lowest BCUT2D eigenvalue weighted by Crippen LogP contribution is -1.90. The zero-order chi connectivity index (χ0) is 14.5. The summed E-state index contributed by atoms with van der Waals surface area (Å²) in [5, 5.41) is 37.5. The normalized spacial score (nSPS) is 10.1. The first kappa shape index (κ1) is 13.2. The van der Waals surface area contributed by atoms with Gasteiger partial charge in [0.25, 0.3) is 0 Å². The molecule has 0 aliphatic carbocycles. The van der Waals surface area contributed by atoms with Crippen molar-refractivity contribution in [3.8, 4) is 23.6 Å². The van der Waals surface area contributed by atoms with Gasteiger partial charge < -0.3 is 10.2 Å². The molecule has 0 atom stereocenters. The lowest BCUT2D eigenvalue weighted by molar-refractivity contribution is 0.448. The number of hydrogen-bond acceptors (Lipinski definition) is 4. The molecule has 2 rings (SSSR count). The maximum absolute atomic E-state index is 9.66. The van der Waals surface area contributed by atoms with Gasteiger partial charge in [-0.1, -0.05) is 42.5 Å². The van der Waals surface area contributed by atoms with Crippen LogP contribution in [0, 0.1) is 22.7 Å². The van der Waals surface area contributed by atoms with Crippen molar-refractivity contribution in [2.75, 3.05) is 0 Å². The molecular formula is C16H10N2O2. The quantitative estimate of drug-likeness (QED) is 0.814. The van der Waals surface area contributed by atoms with Gasteiger partial charge in [0.2, 0.25) is 0 Å². The summed E-state index contributed by atoms with van der Waals surface area (Å²) in [4.78, 5) is 0. The van der Waals surface area contributed by atoms with Gasteiger partial charge in [-0.3, -0.25) is 0 Å². The Bertz CT molecular complexity index is 713. The van der Waals surface area contributed by atoms with Crippen molar-refractivity contribution in [1.29, 1.82) is 10.5 Å². The molecule has 0 saturated carbocycles. The van der Waals surface area contributed by atoms with Gasteiger partial charge in [0.1, 0.15) is 34.8 Å². The molecule has 96 valence electrons. The molecule has 0 unspecified atom stereocenters. The second-order valence-electron chi connectivity index (χ2n) is 4.05. The van der Waals surface area contributed by atoms with E-state index in [0.717, 1.165) is 11.6 Å². The first-order chi connectivity index (χ1) is 9.67. The summed E-state index contributed by atoms with van der Waals surface area (Å²) in [6.07, 6.45) is 3.24. The first-order valence-electron chi connectivity index (χ1n) is 5.79. The van der Waals surface area contributed by atoms with Crippen molar-refractivity contribution < 1.29 is 10.2 Å². The highest BCUT2D eigenvalue weighted by atomic mass is 16.3. The first-order valence-corrected chi connectivity index (χ1v) is 5.79. The molecule has 0 aromatic heterocycles. The third-order valence-corrected chi connectivity index (χ3v) is 2.79. The van der Waals surface area contributed by atoms with Crippen LogP contribution in [0.1, 0.15) is 22.3 Å². The molecule has 2 N–H and O–H groups in total. The van der Waals surface area contributed by atoms with E-state index in [2.05, 4.69) is 0 Å². The third kappa shape index (κ3) is 2.45. The Hall–Kier alpha value is -3.24. The standard InChI is InChI=1S/C16H10N2O2/c17-9-13-12(7-6-11-4-2-1-3-5-11)14(10-18)16(20)8-15(13)19/h1-8,19-20H. The van der Waals surface area contributed by atoms with Crippen LogP contribution in [0.25, 0.3) is 12.2 Å². The van der Waals surface area contributed by atoms with Gasteiger partial charge in [-0.15, -0.1) is 0 Å². The molecule has 4 heteroatoms. The Kier molecular flexibility index (Phi) is 3.70. The van der Waals surface area contributed by atoms with Crippen LogP contribution in [-0.2, 0) is 0 Å². The van der Waals surface area contributed by atoms with E-state index < -0.39 is 0 Å². The highest BCUT2D eigenvalue weighted by Gasteiger charge is 2.15. The second-order valence-corrected chi connectivity index (χ2v) is 4.05.